The summed E-state index contributed by atoms with van der Waals surface area (Å²) < 4.78 is 5.82. The van der Waals surface area contributed by atoms with Gasteiger partial charge in [0.05, 0.1) is 5.76 Å². The first-order valence-electron chi connectivity index (χ1n) is 4.75. The second-order valence-electron chi connectivity index (χ2n) is 3.45. The second kappa shape index (κ2) is 3.79. The van der Waals surface area contributed by atoms with Crippen LogP contribution in [0.2, 0.25) is 6.04 Å². The van der Waals surface area contributed by atoms with Gasteiger partial charge in [-0.3, -0.25) is 0 Å². The first-order chi connectivity index (χ1) is 6.36. The highest BCUT2D eigenvalue weighted by atomic mass is 28.3. The van der Waals surface area contributed by atoms with E-state index in [9.17, 15) is 0 Å². The van der Waals surface area contributed by atoms with E-state index in [0.29, 0.717) is 0 Å². The SMILES string of the molecule is C=C1CCC[SiH](c2ccccc2)O1. The Morgan fingerprint density at radius 2 is 2.00 bits per heavy atom. The lowest BCUT2D eigenvalue weighted by Crippen LogP contribution is -2.35. The van der Waals surface area contributed by atoms with E-state index in [1.165, 1.54) is 17.7 Å². The number of benzene rings is 1. The molecule has 1 unspecified atom stereocenters. The molecule has 1 aromatic rings. The van der Waals surface area contributed by atoms with E-state index in [1.807, 2.05) is 0 Å². The van der Waals surface area contributed by atoms with E-state index >= 15 is 0 Å². The zero-order chi connectivity index (χ0) is 9.10. The fourth-order valence-corrected chi connectivity index (χ4v) is 4.04. The summed E-state index contributed by atoms with van der Waals surface area (Å²) in [5.41, 5.74) is 0. The molecule has 1 aromatic carbocycles. The monoisotopic (exact) mass is 190 g/mol. The predicted octanol–water partition coefficient (Wildman–Crippen LogP) is 1.94. The quantitative estimate of drug-likeness (QED) is 0.615. The van der Waals surface area contributed by atoms with Gasteiger partial charge in [-0.15, -0.1) is 0 Å². The summed E-state index contributed by atoms with van der Waals surface area (Å²) in [5, 5.41) is 1.41. The van der Waals surface area contributed by atoms with Crippen molar-refractivity contribution in [2.24, 2.45) is 0 Å². The van der Waals surface area contributed by atoms with Gasteiger partial charge in [0.2, 0.25) is 0 Å². The molecule has 0 amide bonds. The van der Waals surface area contributed by atoms with Crippen molar-refractivity contribution >= 4 is 14.2 Å². The van der Waals surface area contributed by atoms with E-state index in [1.54, 1.807) is 0 Å². The predicted molar refractivity (Wildman–Crippen MR) is 57.5 cm³/mol. The summed E-state index contributed by atoms with van der Waals surface area (Å²) in [4.78, 5) is 0. The van der Waals surface area contributed by atoms with Crippen molar-refractivity contribution < 1.29 is 4.43 Å². The number of allylic oxidation sites excluding steroid dienone is 1. The van der Waals surface area contributed by atoms with Crippen LogP contribution in [0.25, 0.3) is 0 Å². The summed E-state index contributed by atoms with van der Waals surface area (Å²) in [7, 11) is -1.14. The largest absolute Gasteiger partial charge is 0.546 e. The molecule has 1 aliphatic heterocycles. The van der Waals surface area contributed by atoms with Gasteiger partial charge in [0, 0.05) is 6.42 Å². The van der Waals surface area contributed by atoms with Crippen molar-refractivity contribution in [2.45, 2.75) is 18.9 Å². The molecule has 0 aliphatic carbocycles. The van der Waals surface area contributed by atoms with Gasteiger partial charge in [-0.2, -0.15) is 0 Å². The molecule has 0 spiro atoms. The number of hydrogen-bond donors (Lipinski definition) is 0. The molecule has 68 valence electrons. The van der Waals surface area contributed by atoms with Gasteiger partial charge in [0.25, 0.3) is 9.04 Å². The van der Waals surface area contributed by atoms with Gasteiger partial charge in [0.1, 0.15) is 0 Å². The van der Waals surface area contributed by atoms with Crippen LogP contribution in [-0.2, 0) is 4.43 Å². The van der Waals surface area contributed by atoms with Gasteiger partial charge in [-0.25, -0.2) is 0 Å². The van der Waals surface area contributed by atoms with Crippen molar-refractivity contribution in [3.05, 3.63) is 42.7 Å². The first kappa shape index (κ1) is 8.57. The Bertz CT molecular complexity index is 294. The normalized spacial score (nSPS) is 22.5. The van der Waals surface area contributed by atoms with Crippen LogP contribution in [0.1, 0.15) is 12.8 Å². The van der Waals surface area contributed by atoms with Crippen LogP contribution in [0, 0.1) is 0 Å². The Morgan fingerprint density at radius 1 is 1.23 bits per heavy atom. The third kappa shape index (κ3) is 2.01. The fraction of sp³-hybridized carbons (Fsp3) is 0.273. The summed E-state index contributed by atoms with van der Waals surface area (Å²) in [5.74, 6) is 0.992. The molecule has 13 heavy (non-hydrogen) atoms. The molecule has 2 rings (SSSR count). The van der Waals surface area contributed by atoms with Crippen LogP contribution in [0.4, 0.5) is 0 Å². The van der Waals surface area contributed by atoms with Crippen molar-refractivity contribution in [3.8, 4) is 0 Å². The summed E-state index contributed by atoms with van der Waals surface area (Å²) in [6.07, 6.45) is 2.31. The zero-order valence-electron chi connectivity index (χ0n) is 7.70. The lowest BCUT2D eigenvalue weighted by molar-refractivity contribution is 0.392. The van der Waals surface area contributed by atoms with E-state index < -0.39 is 9.04 Å². The molecule has 1 saturated heterocycles. The van der Waals surface area contributed by atoms with E-state index in [-0.39, 0.29) is 0 Å². The van der Waals surface area contributed by atoms with Crippen LogP contribution >= 0.6 is 0 Å². The average molecular weight is 190 g/mol. The third-order valence-corrected chi connectivity index (χ3v) is 5.08. The van der Waals surface area contributed by atoms with E-state index in [2.05, 4.69) is 36.9 Å². The Balaban J connectivity index is 2.13. The fourth-order valence-electron chi connectivity index (χ4n) is 1.71. The molecule has 1 atom stereocenters. The third-order valence-electron chi connectivity index (χ3n) is 2.40. The number of rotatable bonds is 1. The minimum absolute atomic E-state index is 0.992. The maximum Gasteiger partial charge on any atom is 0.266 e. The highest BCUT2D eigenvalue weighted by Gasteiger charge is 2.20. The van der Waals surface area contributed by atoms with Crippen molar-refractivity contribution in [2.75, 3.05) is 0 Å². The molecule has 0 bridgehead atoms. The molecule has 0 saturated carbocycles. The van der Waals surface area contributed by atoms with Gasteiger partial charge in [-0.05, 0) is 17.7 Å². The first-order valence-corrected chi connectivity index (χ1v) is 6.62. The molecule has 1 fully saturated rings. The highest BCUT2D eigenvalue weighted by molar-refractivity contribution is 6.67. The summed E-state index contributed by atoms with van der Waals surface area (Å²) >= 11 is 0. The van der Waals surface area contributed by atoms with Crippen LogP contribution in [0.15, 0.2) is 42.7 Å². The maximum absolute atomic E-state index is 5.82. The Morgan fingerprint density at radius 3 is 2.69 bits per heavy atom. The average Bonchev–Trinajstić information content (AvgIpc) is 2.19. The molecular formula is C11H14OSi. The lowest BCUT2D eigenvalue weighted by Gasteiger charge is -2.24. The topological polar surface area (TPSA) is 9.23 Å². The summed E-state index contributed by atoms with van der Waals surface area (Å²) in [6, 6.07) is 11.8. The maximum atomic E-state index is 5.82. The second-order valence-corrected chi connectivity index (χ2v) is 5.91. The Kier molecular flexibility index (Phi) is 2.50. The van der Waals surface area contributed by atoms with E-state index in [4.69, 9.17) is 4.43 Å². The zero-order valence-corrected chi connectivity index (χ0v) is 8.86. The molecule has 1 nitrogen and oxygen atoms in total. The van der Waals surface area contributed by atoms with Crippen LogP contribution < -0.4 is 5.19 Å². The molecule has 0 N–H and O–H groups in total. The molecule has 0 radical (unpaired) electrons. The molecule has 0 aromatic heterocycles. The standard InChI is InChI=1S/C11H14OSi/c1-10-6-5-9-13(12-10)11-7-3-2-4-8-11/h2-4,7-8,13H,1,5-6,9H2. The van der Waals surface area contributed by atoms with Crippen LogP contribution in [0.5, 0.6) is 0 Å². The van der Waals surface area contributed by atoms with Gasteiger partial charge >= 0.3 is 0 Å². The molecular weight excluding hydrogens is 176 g/mol. The minimum Gasteiger partial charge on any atom is -0.546 e. The smallest absolute Gasteiger partial charge is 0.266 e. The van der Waals surface area contributed by atoms with Crippen molar-refractivity contribution in [1.29, 1.82) is 0 Å². The molecule has 2 heteroatoms. The Labute approximate surface area is 80.8 Å². The van der Waals surface area contributed by atoms with E-state index in [0.717, 1.165) is 12.2 Å². The molecule has 1 aliphatic rings. The van der Waals surface area contributed by atoms with Gasteiger partial charge in [0.15, 0.2) is 0 Å². The minimum atomic E-state index is -1.14. The van der Waals surface area contributed by atoms with Gasteiger partial charge < -0.3 is 4.43 Å². The van der Waals surface area contributed by atoms with Crippen LogP contribution in [-0.4, -0.2) is 9.04 Å². The Hall–Kier alpha value is -1.02. The summed E-state index contributed by atoms with van der Waals surface area (Å²) in [6.45, 7) is 3.90. The van der Waals surface area contributed by atoms with Gasteiger partial charge in [-0.1, -0.05) is 36.9 Å². The molecule has 1 heterocycles. The van der Waals surface area contributed by atoms with Crippen molar-refractivity contribution in [1.82, 2.24) is 0 Å². The lowest BCUT2D eigenvalue weighted by atomic mass is 10.3. The van der Waals surface area contributed by atoms with Crippen LogP contribution in [0.3, 0.4) is 0 Å². The highest BCUT2D eigenvalue weighted by Crippen LogP contribution is 2.18. The van der Waals surface area contributed by atoms with Crippen molar-refractivity contribution in [3.63, 3.8) is 0 Å². The number of hydrogen-bond acceptors (Lipinski definition) is 1.